The molecule has 4 rings (SSSR count). The first-order valence-electron chi connectivity index (χ1n) is 8.06. The van der Waals surface area contributed by atoms with Crippen LogP contribution in [0.25, 0.3) is 0 Å². The number of sulfonamides is 1. The second-order valence-corrected chi connectivity index (χ2v) is 8.18. The van der Waals surface area contributed by atoms with Gasteiger partial charge in [-0.05, 0) is 31.7 Å². The van der Waals surface area contributed by atoms with E-state index < -0.39 is 21.0 Å². The van der Waals surface area contributed by atoms with Gasteiger partial charge in [0.15, 0.2) is 5.82 Å². The number of non-ortho nitro benzene ring substituents is 1. The zero-order chi connectivity index (χ0) is 17.6. The van der Waals surface area contributed by atoms with E-state index in [1.54, 1.807) is 0 Å². The molecule has 2 fully saturated rings. The summed E-state index contributed by atoms with van der Waals surface area (Å²) in [6.07, 6.45) is 3.30. The highest BCUT2D eigenvalue weighted by Gasteiger charge is 2.40. The van der Waals surface area contributed by atoms with E-state index in [4.69, 9.17) is 4.52 Å². The van der Waals surface area contributed by atoms with Crippen LogP contribution < -0.4 is 0 Å². The van der Waals surface area contributed by atoms with E-state index in [0.29, 0.717) is 37.0 Å². The molecule has 10 heteroatoms. The van der Waals surface area contributed by atoms with Crippen LogP contribution in [0, 0.1) is 10.1 Å². The second kappa shape index (κ2) is 5.88. The van der Waals surface area contributed by atoms with Crippen molar-refractivity contribution in [1.82, 2.24) is 14.4 Å². The fraction of sp³-hybridized carbons (Fsp3) is 0.467. The lowest BCUT2D eigenvalue weighted by Gasteiger charge is -2.21. The molecule has 1 atom stereocenters. The molecule has 132 valence electrons. The number of nitro groups is 1. The lowest BCUT2D eigenvalue weighted by Crippen LogP contribution is -2.31. The first-order chi connectivity index (χ1) is 12.0. The Morgan fingerprint density at radius 2 is 2.08 bits per heavy atom. The molecule has 2 heterocycles. The molecule has 2 aliphatic rings. The summed E-state index contributed by atoms with van der Waals surface area (Å²) in [4.78, 5) is 14.6. The van der Waals surface area contributed by atoms with Crippen LogP contribution in [-0.2, 0) is 10.0 Å². The van der Waals surface area contributed by atoms with Gasteiger partial charge >= 0.3 is 0 Å². The van der Waals surface area contributed by atoms with E-state index in [0.717, 1.165) is 18.9 Å². The Kier molecular flexibility index (Phi) is 3.80. The third-order valence-corrected chi connectivity index (χ3v) is 6.43. The summed E-state index contributed by atoms with van der Waals surface area (Å²) in [5.41, 5.74) is -0.259. The van der Waals surface area contributed by atoms with Crippen LogP contribution in [0.3, 0.4) is 0 Å². The van der Waals surface area contributed by atoms with Crippen molar-refractivity contribution in [1.29, 1.82) is 0 Å². The fourth-order valence-corrected chi connectivity index (χ4v) is 4.75. The molecule has 1 aliphatic heterocycles. The Balaban J connectivity index is 1.66. The van der Waals surface area contributed by atoms with Gasteiger partial charge in [-0.3, -0.25) is 10.1 Å². The summed E-state index contributed by atoms with van der Waals surface area (Å²) < 4.78 is 32.5. The second-order valence-electron chi connectivity index (χ2n) is 6.29. The molecule has 1 aromatic carbocycles. The number of nitrogens with zero attached hydrogens (tertiary/aromatic N) is 4. The van der Waals surface area contributed by atoms with Gasteiger partial charge in [0.25, 0.3) is 5.69 Å². The van der Waals surface area contributed by atoms with Crippen molar-refractivity contribution in [3.05, 3.63) is 46.1 Å². The number of aromatic nitrogens is 2. The Hall–Kier alpha value is -2.33. The molecule has 1 aromatic heterocycles. The lowest BCUT2D eigenvalue weighted by atomic mass is 10.2. The van der Waals surface area contributed by atoms with Crippen LogP contribution >= 0.6 is 0 Å². The van der Waals surface area contributed by atoms with E-state index in [1.807, 2.05) is 0 Å². The summed E-state index contributed by atoms with van der Waals surface area (Å²) in [5, 5.41) is 14.9. The zero-order valence-corrected chi connectivity index (χ0v) is 14.1. The standard InChI is InChI=1S/C15H16N4O5S/c20-19(21)11-3-1-4-12(9-11)25(22,23)18-8-2-5-13(18)15-16-14(17-24-15)10-6-7-10/h1,3-4,9-10,13H,2,5-8H2. The molecule has 1 saturated heterocycles. The molecule has 25 heavy (non-hydrogen) atoms. The van der Waals surface area contributed by atoms with Gasteiger partial charge in [-0.15, -0.1) is 0 Å². The predicted molar refractivity (Wildman–Crippen MR) is 85.2 cm³/mol. The molecule has 2 aromatic rings. The first kappa shape index (κ1) is 16.2. The van der Waals surface area contributed by atoms with Crippen molar-refractivity contribution in [3.8, 4) is 0 Å². The maximum absolute atomic E-state index is 13.0. The van der Waals surface area contributed by atoms with Gasteiger partial charge in [-0.25, -0.2) is 8.42 Å². The van der Waals surface area contributed by atoms with Crippen LogP contribution in [0.1, 0.15) is 49.4 Å². The minimum atomic E-state index is -3.89. The van der Waals surface area contributed by atoms with E-state index in [9.17, 15) is 18.5 Å². The van der Waals surface area contributed by atoms with Crippen molar-refractivity contribution in [3.63, 3.8) is 0 Å². The molecular formula is C15H16N4O5S. The van der Waals surface area contributed by atoms with Gasteiger partial charge in [-0.1, -0.05) is 11.2 Å². The molecule has 9 nitrogen and oxygen atoms in total. The highest BCUT2D eigenvalue weighted by molar-refractivity contribution is 7.89. The van der Waals surface area contributed by atoms with Crippen LogP contribution in [0.5, 0.6) is 0 Å². The summed E-state index contributed by atoms with van der Waals surface area (Å²) in [6.45, 7) is 0.316. The summed E-state index contributed by atoms with van der Waals surface area (Å²) >= 11 is 0. The number of rotatable bonds is 5. The monoisotopic (exact) mass is 364 g/mol. The average Bonchev–Trinajstić information content (AvgIpc) is 3.12. The van der Waals surface area contributed by atoms with E-state index in [1.165, 1.54) is 22.5 Å². The van der Waals surface area contributed by atoms with Crippen LogP contribution in [0.15, 0.2) is 33.7 Å². The Bertz CT molecular complexity index is 922. The third kappa shape index (κ3) is 2.91. The lowest BCUT2D eigenvalue weighted by molar-refractivity contribution is -0.385. The maximum Gasteiger partial charge on any atom is 0.270 e. The summed E-state index contributed by atoms with van der Waals surface area (Å²) in [5.74, 6) is 1.25. The number of benzene rings is 1. The quantitative estimate of drug-likeness (QED) is 0.590. The molecule has 0 N–H and O–H groups in total. The normalized spacial score (nSPS) is 21.5. The van der Waals surface area contributed by atoms with Crippen molar-refractivity contribution < 1.29 is 17.9 Å². The van der Waals surface area contributed by atoms with Gasteiger partial charge in [0.2, 0.25) is 15.9 Å². The van der Waals surface area contributed by atoms with Crippen LogP contribution in [0.4, 0.5) is 5.69 Å². The Morgan fingerprint density at radius 1 is 1.28 bits per heavy atom. The number of hydrogen-bond donors (Lipinski definition) is 0. The zero-order valence-electron chi connectivity index (χ0n) is 13.2. The van der Waals surface area contributed by atoms with Crippen molar-refractivity contribution in [2.75, 3.05) is 6.54 Å². The molecule has 1 saturated carbocycles. The molecule has 1 unspecified atom stereocenters. The first-order valence-corrected chi connectivity index (χ1v) is 9.50. The van der Waals surface area contributed by atoms with Crippen molar-refractivity contribution >= 4 is 15.7 Å². The highest BCUT2D eigenvalue weighted by Crippen LogP contribution is 2.41. The van der Waals surface area contributed by atoms with Crippen LogP contribution in [-0.4, -0.2) is 34.3 Å². The average molecular weight is 364 g/mol. The Morgan fingerprint density at radius 3 is 2.80 bits per heavy atom. The van der Waals surface area contributed by atoms with Gasteiger partial charge in [0, 0.05) is 24.6 Å². The number of nitro benzene ring substituents is 1. The predicted octanol–water partition coefficient (Wildman–Crippen LogP) is 2.38. The van der Waals surface area contributed by atoms with Gasteiger partial charge in [0.1, 0.15) is 6.04 Å². The molecular weight excluding hydrogens is 348 g/mol. The topological polar surface area (TPSA) is 119 Å². The van der Waals surface area contributed by atoms with Crippen molar-refractivity contribution in [2.24, 2.45) is 0 Å². The molecule has 0 spiro atoms. The smallest absolute Gasteiger partial charge is 0.270 e. The minimum absolute atomic E-state index is 0.101. The van der Waals surface area contributed by atoms with E-state index in [-0.39, 0.29) is 10.6 Å². The highest BCUT2D eigenvalue weighted by atomic mass is 32.2. The molecule has 0 amide bonds. The largest absolute Gasteiger partial charge is 0.338 e. The number of hydrogen-bond acceptors (Lipinski definition) is 7. The van der Waals surface area contributed by atoms with Gasteiger partial charge in [0.05, 0.1) is 9.82 Å². The van der Waals surface area contributed by atoms with Gasteiger partial charge < -0.3 is 4.52 Å². The maximum atomic E-state index is 13.0. The Labute approximate surface area is 143 Å². The fourth-order valence-electron chi connectivity index (χ4n) is 3.06. The van der Waals surface area contributed by atoms with Crippen molar-refractivity contribution in [2.45, 2.75) is 42.5 Å². The molecule has 0 radical (unpaired) electrons. The van der Waals surface area contributed by atoms with Gasteiger partial charge in [-0.2, -0.15) is 9.29 Å². The molecule has 0 bridgehead atoms. The third-order valence-electron chi connectivity index (χ3n) is 4.52. The van der Waals surface area contributed by atoms with E-state index >= 15 is 0 Å². The summed E-state index contributed by atoms with van der Waals surface area (Å²) in [6, 6.07) is 4.55. The minimum Gasteiger partial charge on any atom is -0.338 e. The van der Waals surface area contributed by atoms with E-state index in [2.05, 4.69) is 10.1 Å². The molecule has 1 aliphatic carbocycles. The SMILES string of the molecule is O=[N+]([O-])c1cccc(S(=O)(=O)N2CCCC2c2nc(C3CC3)no2)c1. The summed E-state index contributed by atoms with van der Waals surface area (Å²) in [7, 11) is -3.89. The van der Waals surface area contributed by atoms with Crippen LogP contribution in [0.2, 0.25) is 0 Å².